The van der Waals surface area contributed by atoms with E-state index in [0.717, 1.165) is 44.1 Å². The summed E-state index contributed by atoms with van der Waals surface area (Å²) < 4.78 is 2.32. The van der Waals surface area contributed by atoms with Gasteiger partial charge in [-0.3, -0.25) is 0 Å². The first kappa shape index (κ1) is 15.8. The van der Waals surface area contributed by atoms with E-state index in [-0.39, 0.29) is 0 Å². The zero-order valence-electron chi connectivity index (χ0n) is 14.5. The SMILES string of the molecule is CCc1ccc(-c2nccn2C2CCCN(c3ncccn3)C2)cc1. The van der Waals surface area contributed by atoms with Gasteiger partial charge in [0.2, 0.25) is 5.95 Å². The lowest BCUT2D eigenvalue weighted by Crippen LogP contribution is -2.37. The van der Waals surface area contributed by atoms with E-state index in [1.165, 1.54) is 11.1 Å². The van der Waals surface area contributed by atoms with Crippen molar-refractivity contribution in [3.63, 3.8) is 0 Å². The number of anilines is 1. The lowest BCUT2D eigenvalue weighted by molar-refractivity contribution is 0.404. The molecule has 3 heterocycles. The van der Waals surface area contributed by atoms with Crippen molar-refractivity contribution in [2.45, 2.75) is 32.2 Å². The smallest absolute Gasteiger partial charge is 0.225 e. The highest BCUT2D eigenvalue weighted by molar-refractivity contribution is 5.56. The van der Waals surface area contributed by atoms with Crippen molar-refractivity contribution < 1.29 is 0 Å². The maximum Gasteiger partial charge on any atom is 0.225 e. The van der Waals surface area contributed by atoms with Crippen molar-refractivity contribution in [2.75, 3.05) is 18.0 Å². The predicted molar refractivity (Wildman–Crippen MR) is 99.6 cm³/mol. The van der Waals surface area contributed by atoms with Gasteiger partial charge in [-0.05, 0) is 30.9 Å². The number of hydrogen-bond acceptors (Lipinski definition) is 4. The van der Waals surface area contributed by atoms with Crippen molar-refractivity contribution in [2.24, 2.45) is 0 Å². The predicted octanol–water partition coefficient (Wildman–Crippen LogP) is 3.74. The fourth-order valence-corrected chi connectivity index (χ4v) is 3.54. The van der Waals surface area contributed by atoms with Gasteiger partial charge in [0.15, 0.2) is 0 Å². The zero-order valence-corrected chi connectivity index (χ0v) is 14.5. The van der Waals surface area contributed by atoms with E-state index in [1.54, 1.807) is 0 Å². The Labute approximate surface area is 148 Å². The quantitative estimate of drug-likeness (QED) is 0.729. The van der Waals surface area contributed by atoms with Crippen LogP contribution in [0.4, 0.5) is 5.95 Å². The second-order valence-corrected chi connectivity index (χ2v) is 6.50. The molecule has 0 radical (unpaired) electrons. The molecule has 0 amide bonds. The Hall–Kier alpha value is -2.69. The molecule has 0 spiro atoms. The monoisotopic (exact) mass is 333 g/mol. The molecule has 25 heavy (non-hydrogen) atoms. The van der Waals surface area contributed by atoms with Crippen LogP contribution in [0.2, 0.25) is 0 Å². The molecule has 1 aliphatic heterocycles. The van der Waals surface area contributed by atoms with Gasteiger partial charge in [-0.25, -0.2) is 15.0 Å². The summed E-state index contributed by atoms with van der Waals surface area (Å²) in [6.45, 7) is 4.11. The molecule has 1 atom stereocenters. The number of aryl methyl sites for hydroxylation is 1. The highest BCUT2D eigenvalue weighted by Gasteiger charge is 2.24. The minimum Gasteiger partial charge on any atom is -0.339 e. The summed E-state index contributed by atoms with van der Waals surface area (Å²) in [7, 11) is 0. The van der Waals surface area contributed by atoms with Crippen molar-refractivity contribution in [3.8, 4) is 11.4 Å². The normalized spacial score (nSPS) is 17.6. The first-order valence-electron chi connectivity index (χ1n) is 8.99. The molecule has 1 aliphatic rings. The van der Waals surface area contributed by atoms with Crippen LogP contribution in [-0.2, 0) is 6.42 Å². The second-order valence-electron chi connectivity index (χ2n) is 6.50. The molecule has 3 aromatic rings. The number of piperidine rings is 1. The standard InChI is InChI=1S/C20H23N5/c1-2-16-6-8-17(9-7-16)19-21-12-14-25(19)18-5-3-13-24(15-18)20-22-10-4-11-23-20/h4,6-12,14,18H,2-3,5,13,15H2,1H3. The lowest BCUT2D eigenvalue weighted by atomic mass is 10.0. The summed E-state index contributed by atoms with van der Waals surface area (Å²) in [5.74, 6) is 1.87. The van der Waals surface area contributed by atoms with Gasteiger partial charge in [0.1, 0.15) is 5.82 Å². The first-order valence-corrected chi connectivity index (χ1v) is 8.99. The number of imidazole rings is 1. The van der Waals surface area contributed by atoms with Crippen molar-refractivity contribution >= 4 is 5.95 Å². The first-order chi connectivity index (χ1) is 12.3. The Morgan fingerprint density at radius 2 is 1.84 bits per heavy atom. The molecule has 128 valence electrons. The van der Waals surface area contributed by atoms with E-state index in [1.807, 2.05) is 24.7 Å². The van der Waals surface area contributed by atoms with Crippen LogP contribution in [0.3, 0.4) is 0 Å². The molecule has 5 nitrogen and oxygen atoms in total. The average Bonchev–Trinajstić information content (AvgIpc) is 3.19. The highest BCUT2D eigenvalue weighted by atomic mass is 15.3. The lowest BCUT2D eigenvalue weighted by Gasteiger charge is -2.34. The van der Waals surface area contributed by atoms with Crippen molar-refractivity contribution in [3.05, 3.63) is 60.7 Å². The molecule has 1 fully saturated rings. The Balaban J connectivity index is 1.58. The molecule has 2 aromatic heterocycles. The van der Waals surface area contributed by atoms with Gasteiger partial charge in [0.05, 0.1) is 6.04 Å². The van der Waals surface area contributed by atoms with E-state index in [9.17, 15) is 0 Å². The maximum atomic E-state index is 4.63. The van der Waals surface area contributed by atoms with Crippen LogP contribution >= 0.6 is 0 Å². The van der Waals surface area contributed by atoms with Crippen LogP contribution in [0.5, 0.6) is 0 Å². The molecule has 5 heteroatoms. The Morgan fingerprint density at radius 3 is 2.60 bits per heavy atom. The molecule has 1 saturated heterocycles. The van der Waals surface area contributed by atoms with E-state index in [0.29, 0.717) is 6.04 Å². The maximum absolute atomic E-state index is 4.63. The van der Waals surface area contributed by atoms with Crippen LogP contribution in [-0.4, -0.2) is 32.6 Å². The summed E-state index contributed by atoms with van der Waals surface area (Å²) in [5.41, 5.74) is 2.53. The van der Waals surface area contributed by atoms with Gasteiger partial charge in [0.25, 0.3) is 0 Å². The summed E-state index contributed by atoms with van der Waals surface area (Å²) in [6, 6.07) is 11.0. The fraction of sp³-hybridized carbons (Fsp3) is 0.350. The van der Waals surface area contributed by atoms with Crippen LogP contribution < -0.4 is 4.90 Å². The number of benzene rings is 1. The van der Waals surface area contributed by atoms with Crippen molar-refractivity contribution in [1.29, 1.82) is 0 Å². The van der Waals surface area contributed by atoms with E-state index < -0.39 is 0 Å². The van der Waals surface area contributed by atoms with Crippen LogP contribution in [0.1, 0.15) is 31.4 Å². The number of hydrogen-bond donors (Lipinski definition) is 0. The van der Waals surface area contributed by atoms with E-state index in [2.05, 4.69) is 61.8 Å². The summed E-state index contributed by atoms with van der Waals surface area (Å²) in [4.78, 5) is 15.7. The molecule has 0 N–H and O–H groups in total. The van der Waals surface area contributed by atoms with E-state index in [4.69, 9.17) is 0 Å². The van der Waals surface area contributed by atoms with Gasteiger partial charge in [0, 0.05) is 43.4 Å². The molecule has 0 bridgehead atoms. The van der Waals surface area contributed by atoms with Crippen LogP contribution in [0, 0.1) is 0 Å². The van der Waals surface area contributed by atoms with Crippen molar-refractivity contribution in [1.82, 2.24) is 19.5 Å². The fourth-order valence-electron chi connectivity index (χ4n) is 3.54. The largest absolute Gasteiger partial charge is 0.339 e. The number of rotatable bonds is 4. The molecule has 0 saturated carbocycles. The number of nitrogens with zero attached hydrogens (tertiary/aromatic N) is 5. The Kier molecular flexibility index (Phi) is 4.46. The highest BCUT2D eigenvalue weighted by Crippen LogP contribution is 2.28. The Bertz CT molecular complexity index is 810. The van der Waals surface area contributed by atoms with Crippen LogP contribution in [0.25, 0.3) is 11.4 Å². The van der Waals surface area contributed by atoms with Gasteiger partial charge in [-0.15, -0.1) is 0 Å². The Morgan fingerprint density at radius 1 is 1.04 bits per heavy atom. The van der Waals surface area contributed by atoms with Gasteiger partial charge in [-0.1, -0.05) is 31.2 Å². The minimum absolute atomic E-state index is 0.390. The third-order valence-electron chi connectivity index (χ3n) is 4.91. The molecular weight excluding hydrogens is 310 g/mol. The average molecular weight is 333 g/mol. The summed E-state index contributed by atoms with van der Waals surface area (Å²) in [5, 5.41) is 0. The molecule has 1 aromatic carbocycles. The molecular formula is C20H23N5. The summed E-state index contributed by atoms with van der Waals surface area (Å²) in [6.07, 6.45) is 11.0. The molecule has 0 aliphatic carbocycles. The van der Waals surface area contributed by atoms with Crippen LogP contribution in [0.15, 0.2) is 55.1 Å². The minimum atomic E-state index is 0.390. The second kappa shape index (κ2) is 7.05. The molecule has 4 rings (SSSR count). The zero-order chi connectivity index (χ0) is 17.1. The van der Waals surface area contributed by atoms with Gasteiger partial charge >= 0.3 is 0 Å². The van der Waals surface area contributed by atoms with E-state index >= 15 is 0 Å². The molecule has 1 unspecified atom stereocenters. The van der Waals surface area contributed by atoms with Gasteiger partial charge < -0.3 is 9.47 Å². The third kappa shape index (κ3) is 3.27. The third-order valence-corrected chi connectivity index (χ3v) is 4.91. The summed E-state index contributed by atoms with van der Waals surface area (Å²) >= 11 is 0. The number of aromatic nitrogens is 4. The van der Waals surface area contributed by atoms with Gasteiger partial charge in [-0.2, -0.15) is 0 Å². The topological polar surface area (TPSA) is 46.8 Å².